The second kappa shape index (κ2) is 11.7. The quantitative estimate of drug-likeness (QED) is 0.242. The number of nitrogens with zero attached hydrogens (tertiary/aromatic N) is 2. The molecule has 5 nitrogen and oxygen atoms in total. The molecule has 0 bridgehead atoms. The van der Waals surface area contributed by atoms with Gasteiger partial charge < -0.3 is 14.8 Å². The molecule has 0 saturated carbocycles. The predicted octanol–water partition coefficient (Wildman–Crippen LogP) is 6.60. The Morgan fingerprint density at radius 1 is 0.939 bits per heavy atom. The third-order valence-electron chi connectivity index (χ3n) is 6.14. The molecule has 172 valence electrons. The third kappa shape index (κ3) is 6.50. The number of H-pyrrole nitrogens is 1. The zero-order valence-electron chi connectivity index (χ0n) is 19.3. The lowest BCUT2D eigenvalue weighted by Crippen LogP contribution is -2.08. The molecule has 2 atom stereocenters. The number of aromatic nitrogens is 3. The number of aliphatic hydroxyl groups excluding tert-OH is 1. The van der Waals surface area contributed by atoms with E-state index in [0.29, 0.717) is 6.61 Å². The Hall–Kier alpha value is -3.02. The van der Waals surface area contributed by atoms with E-state index >= 15 is 0 Å². The fourth-order valence-electron chi connectivity index (χ4n) is 4.07. The van der Waals surface area contributed by atoms with E-state index in [1.807, 2.05) is 25.3 Å². The lowest BCUT2D eigenvalue weighted by Gasteiger charge is -2.16. The number of unbranched alkanes of at least 4 members (excludes halogenated alkanes) is 2. The van der Waals surface area contributed by atoms with Crippen LogP contribution in [0.25, 0.3) is 22.0 Å². The van der Waals surface area contributed by atoms with Gasteiger partial charge in [0.1, 0.15) is 11.9 Å². The molecule has 2 unspecified atom stereocenters. The Kier molecular flexibility index (Phi) is 8.23. The highest BCUT2D eigenvalue weighted by molar-refractivity contribution is 5.86. The molecule has 33 heavy (non-hydrogen) atoms. The number of rotatable bonds is 12. The third-order valence-corrected chi connectivity index (χ3v) is 6.14. The van der Waals surface area contributed by atoms with E-state index in [1.54, 1.807) is 12.4 Å². The second-order valence-electron chi connectivity index (χ2n) is 8.60. The van der Waals surface area contributed by atoms with Crippen LogP contribution in [0.2, 0.25) is 0 Å². The van der Waals surface area contributed by atoms with Crippen molar-refractivity contribution in [3.8, 4) is 11.3 Å². The summed E-state index contributed by atoms with van der Waals surface area (Å²) < 4.78 is 6.31. The van der Waals surface area contributed by atoms with Crippen LogP contribution in [0.15, 0.2) is 73.2 Å². The highest BCUT2D eigenvalue weighted by Gasteiger charge is 2.17. The molecule has 2 aromatic heterocycles. The van der Waals surface area contributed by atoms with E-state index in [0.717, 1.165) is 61.2 Å². The first-order chi connectivity index (χ1) is 16.2. The van der Waals surface area contributed by atoms with Crippen LogP contribution >= 0.6 is 0 Å². The van der Waals surface area contributed by atoms with Crippen LogP contribution in [0.3, 0.4) is 0 Å². The van der Waals surface area contributed by atoms with E-state index < -0.39 is 0 Å². The van der Waals surface area contributed by atoms with Crippen molar-refractivity contribution in [1.82, 2.24) is 15.0 Å². The summed E-state index contributed by atoms with van der Waals surface area (Å²) in [4.78, 5) is 12.3. The number of imidazole rings is 1. The van der Waals surface area contributed by atoms with E-state index in [1.165, 1.54) is 10.8 Å². The zero-order valence-corrected chi connectivity index (χ0v) is 19.3. The normalized spacial score (nSPS) is 13.3. The van der Waals surface area contributed by atoms with Crippen molar-refractivity contribution in [2.24, 2.45) is 0 Å². The maximum Gasteiger partial charge on any atom is 0.135 e. The van der Waals surface area contributed by atoms with Crippen molar-refractivity contribution in [2.45, 2.75) is 64.3 Å². The zero-order chi connectivity index (χ0) is 22.9. The minimum Gasteiger partial charge on any atom is -0.393 e. The fraction of sp³-hybridized carbons (Fsp3) is 0.357. The number of pyridine rings is 1. The van der Waals surface area contributed by atoms with Crippen LogP contribution in [-0.2, 0) is 11.3 Å². The van der Waals surface area contributed by atoms with Crippen LogP contribution in [-0.4, -0.2) is 26.2 Å². The van der Waals surface area contributed by atoms with Gasteiger partial charge in [-0.3, -0.25) is 4.98 Å². The Balaban J connectivity index is 1.45. The number of nitrogens with one attached hydrogen (secondary N) is 1. The lowest BCUT2D eigenvalue weighted by molar-refractivity contribution is 0.0267. The predicted molar refractivity (Wildman–Crippen MR) is 133 cm³/mol. The summed E-state index contributed by atoms with van der Waals surface area (Å²) in [6.45, 7) is 2.55. The second-order valence-corrected chi connectivity index (χ2v) is 8.60. The first-order valence-electron chi connectivity index (χ1n) is 12.0. The Morgan fingerprint density at radius 3 is 2.55 bits per heavy atom. The van der Waals surface area contributed by atoms with Gasteiger partial charge in [-0.15, -0.1) is 0 Å². The maximum absolute atomic E-state index is 9.79. The SMILES string of the molecule is CCC(O)CCCCCC(OCc1ccncc1)c1ncc(-c2ccc3ccccc3c2)[nH]1. The molecule has 0 saturated heterocycles. The average molecular weight is 444 g/mol. The topological polar surface area (TPSA) is 71.0 Å². The molecule has 5 heteroatoms. The first-order valence-corrected chi connectivity index (χ1v) is 12.0. The summed E-state index contributed by atoms with van der Waals surface area (Å²) in [5.41, 5.74) is 3.22. The molecule has 4 aromatic rings. The van der Waals surface area contributed by atoms with Gasteiger partial charge in [0.15, 0.2) is 0 Å². The summed E-state index contributed by atoms with van der Waals surface area (Å²) >= 11 is 0. The number of hydrogen-bond donors (Lipinski definition) is 2. The first kappa shape index (κ1) is 23.1. The molecule has 2 heterocycles. The van der Waals surface area contributed by atoms with Gasteiger partial charge in [-0.1, -0.05) is 62.6 Å². The molecular formula is C28H33N3O2. The molecule has 2 aromatic carbocycles. The van der Waals surface area contributed by atoms with Crippen molar-refractivity contribution in [3.05, 3.63) is 84.6 Å². The molecule has 2 N–H and O–H groups in total. The van der Waals surface area contributed by atoms with Gasteiger partial charge in [0.25, 0.3) is 0 Å². The molecule has 0 fully saturated rings. The summed E-state index contributed by atoms with van der Waals surface area (Å²) in [6.07, 6.45) is 10.9. The number of benzene rings is 2. The summed E-state index contributed by atoms with van der Waals surface area (Å²) in [6, 6.07) is 18.8. The van der Waals surface area contributed by atoms with Crippen molar-refractivity contribution < 1.29 is 9.84 Å². The van der Waals surface area contributed by atoms with Crippen LogP contribution in [0.4, 0.5) is 0 Å². The number of fused-ring (bicyclic) bond motifs is 1. The van der Waals surface area contributed by atoms with Gasteiger partial charge in [0, 0.05) is 18.0 Å². The minimum absolute atomic E-state index is 0.108. The molecule has 4 rings (SSSR count). The standard InChI is InChI=1S/C28H33N3O2/c1-2-25(32)10-4-3-5-11-27(33-20-21-14-16-29-17-15-21)28-30-19-26(31-28)24-13-12-22-8-6-7-9-23(22)18-24/h6-9,12-19,25,27,32H,2-5,10-11,20H2,1H3,(H,30,31). The van der Waals surface area contributed by atoms with E-state index in [9.17, 15) is 5.11 Å². The van der Waals surface area contributed by atoms with Crippen LogP contribution < -0.4 is 0 Å². The van der Waals surface area contributed by atoms with Crippen LogP contribution in [0.1, 0.15) is 62.9 Å². The molecule has 0 aliphatic carbocycles. The highest BCUT2D eigenvalue weighted by atomic mass is 16.5. The van der Waals surface area contributed by atoms with Crippen molar-refractivity contribution in [3.63, 3.8) is 0 Å². The van der Waals surface area contributed by atoms with Crippen molar-refractivity contribution >= 4 is 10.8 Å². The average Bonchev–Trinajstić information content (AvgIpc) is 3.36. The molecule has 0 amide bonds. The van der Waals surface area contributed by atoms with Gasteiger partial charge in [-0.25, -0.2) is 4.98 Å². The molecule has 0 aliphatic rings. The smallest absolute Gasteiger partial charge is 0.135 e. The lowest BCUT2D eigenvalue weighted by atomic mass is 10.0. The van der Waals surface area contributed by atoms with Gasteiger partial charge >= 0.3 is 0 Å². The Labute approximate surface area is 195 Å². The highest BCUT2D eigenvalue weighted by Crippen LogP contribution is 2.28. The number of hydrogen-bond acceptors (Lipinski definition) is 4. The van der Waals surface area contributed by atoms with Gasteiger partial charge in [-0.05, 0) is 53.8 Å². The van der Waals surface area contributed by atoms with Crippen LogP contribution in [0.5, 0.6) is 0 Å². The molecule has 0 aliphatic heterocycles. The van der Waals surface area contributed by atoms with Gasteiger partial charge in [0.2, 0.25) is 0 Å². The summed E-state index contributed by atoms with van der Waals surface area (Å²) in [5, 5.41) is 12.2. The summed E-state index contributed by atoms with van der Waals surface area (Å²) in [7, 11) is 0. The number of aliphatic hydroxyl groups is 1. The van der Waals surface area contributed by atoms with Crippen molar-refractivity contribution in [2.75, 3.05) is 0 Å². The number of aromatic amines is 1. The van der Waals surface area contributed by atoms with E-state index in [-0.39, 0.29) is 12.2 Å². The number of ether oxygens (including phenoxy) is 1. The monoisotopic (exact) mass is 443 g/mol. The van der Waals surface area contributed by atoms with Gasteiger partial charge in [-0.2, -0.15) is 0 Å². The van der Waals surface area contributed by atoms with E-state index in [2.05, 4.69) is 52.4 Å². The maximum atomic E-state index is 9.79. The Morgan fingerprint density at radius 2 is 1.73 bits per heavy atom. The molecule has 0 spiro atoms. The summed E-state index contributed by atoms with van der Waals surface area (Å²) in [5.74, 6) is 0.862. The van der Waals surface area contributed by atoms with Crippen molar-refractivity contribution in [1.29, 1.82) is 0 Å². The largest absolute Gasteiger partial charge is 0.393 e. The van der Waals surface area contributed by atoms with E-state index in [4.69, 9.17) is 9.72 Å². The minimum atomic E-state index is -0.182. The molecule has 0 radical (unpaired) electrons. The van der Waals surface area contributed by atoms with Gasteiger partial charge in [0.05, 0.1) is 24.6 Å². The molecular weight excluding hydrogens is 410 g/mol. The Bertz CT molecular complexity index is 1130. The van der Waals surface area contributed by atoms with Crippen LogP contribution in [0, 0.1) is 0 Å². The fourth-order valence-corrected chi connectivity index (χ4v) is 4.07.